The molecule has 0 aliphatic heterocycles. The van der Waals surface area contributed by atoms with Crippen molar-refractivity contribution in [1.29, 1.82) is 0 Å². The summed E-state index contributed by atoms with van der Waals surface area (Å²) in [6, 6.07) is 0. The maximum Gasteiger partial charge on any atom is 0.305 e. The number of aliphatic hydroxyl groups excluding tert-OH is 1. The molecule has 0 unspecified atom stereocenters. The first-order chi connectivity index (χ1) is 6.65. The summed E-state index contributed by atoms with van der Waals surface area (Å²) >= 11 is 0. The Kier molecular flexibility index (Phi) is 3.29. The van der Waals surface area contributed by atoms with Crippen molar-refractivity contribution in [3.05, 3.63) is 22.5 Å². The van der Waals surface area contributed by atoms with Gasteiger partial charge in [-0.3, -0.25) is 10.1 Å². The maximum atomic E-state index is 10.3. The van der Waals surface area contributed by atoms with Gasteiger partial charge in [0, 0.05) is 13.6 Å². The molecule has 0 bridgehead atoms. The Morgan fingerprint density at radius 2 is 2.14 bits per heavy atom. The van der Waals surface area contributed by atoms with Gasteiger partial charge in [0.25, 0.3) is 0 Å². The van der Waals surface area contributed by atoms with Crippen LogP contribution in [-0.4, -0.2) is 40.2 Å². The fraction of sp³-hybridized carbons (Fsp3) is 0.429. The zero-order chi connectivity index (χ0) is 10.6. The van der Waals surface area contributed by atoms with Crippen LogP contribution in [0.3, 0.4) is 0 Å². The molecule has 0 radical (unpaired) electrons. The molecule has 1 heterocycles. The predicted molar refractivity (Wildman–Crippen MR) is 49.0 cm³/mol. The molecule has 0 spiro atoms. The average molecular weight is 198 g/mol. The lowest BCUT2D eigenvalue weighted by molar-refractivity contribution is -0.385. The number of hydrogen-bond acceptors (Lipinski definition) is 6. The standard InChI is InChI=1S/C7H10N4O3/c1-10(2-3-12)7-8-4-6(5-9-7)11(13)14/h4-5,12H,2-3H2,1H3. The third-order valence-electron chi connectivity index (χ3n) is 1.61. The number of aliphatic hydroxyl groups is 1. The van der Waals surface area contributed by atoms with E-state index < -0.39 is 4.92 Å². The highest BCUT2D eigenvalue weighted by Crippen LogP contribution is 2.09. The van der Waals surface area contributed by atoms with Crippen molar-refractivity contribution in [3.63, 3.8) is 0 Å². The van der Waals surface area contributed by atoms with Crippen molar-refractivity contribution in [2.24, 2.45) is 0 Å². The van der Waals surface area contributed by atoms with Crippen molar-refractivity contribution < 1.29 is 10.0 Å². The van der Waals surface area contributed by atoms with Crippen LogP contribution in [0.1, 0.15) is 0 Å². The Balaban J connectivity index is 2.77. The smallest absolute Gasteiger partial charge is 0.305 e. The van der Waals surface area contributed by atoms with Gasteiger partial charge in [-0.25, -0.2) is 9.97 Å². The number of likely N-dealkylation sites (N-methyl/N-ethyl adjacent to an activating group) is 1. The second-order valence-corrected chi connectivity index (χ2v) is 2.64. The molecule has 0 amide bonds. The number of aromatic nitrogens is 2. The molecule has 1 aromatic heterocycles. The van der Waals surface area contributed by atoms with Gasteiger partial charge in [-0.1, -0.05) is 0 Å². The van der Waals surface area contributed by atoms with Crippen LogP contribution in [0.25, 0.3) is 0 Å². The van der Waals surface area contributed by atoms with E-state index in [-0.39, 0.29) is 12.3 Å². The van der Waals surface area contributed by atoms with Crippen LogP contribution in [-0.2, 0) is 0 Å². The van der Waals surface area contributed by atoms with Crippen molar-refractivity contribution >= 4 is 11.6 Å². The Bertz CT molecular complexity index is 313. The zero-order valence-electron chi connectivity index (χ0n) is 7.62. The lowest BCUT2D eigenvalue weighted by Gasteiger charge is -2.13. The van der Waals surface area contributed by atoms with Crippen LogP contribution in [0, 0.1) is 10.1 Å². The van der Waals surface area contributed by atoms with E-state index >= 15 is 0 Å². The van der Waals surface area contributed by atoms with Gasteiger partial charge in [-0.05, 0) is 0 Å². The zero-order valence-corrected chi connectivity index (χ0v) is 7.62. The van der Waals surface area contributed by atoms with Crippen LogP contribution in [0.2, 0.25) is 0 Å². The van der Waals surface area contributed by atoms with Gasteiger partial charge in [0.1, 0.15) is 12.4 Å². The van der Waals surface area contributed by atoms with Crippen LogP contribution in [0.5, 0.6) is 0 Å². The second-order valence-electron chi connectivity index (χ2n) is 2.64. The quantitative estimate of drug-likeness (QED) is 0.532. The van der Waals surface area contributed by atoms with E-state index in [2.05, 4.69) is 9.97 Å². The summed E-state index contributed by atoms with van der Waals surface area (Å²) in [5.74, 6) is 0.352. The number of rotatable bonds is 4. The summed E-state index contributed by atoms with van der Waals surface area (Å²) < 4.78 is 0. The average Bonchev–Trinajstić information content (AvgIpc) is 2.18. The molecule has 0 saturated heterocycles. The third-order valence-corrected chi connectivity index (χ3v) is 1.61. The topological polar surface area (TPSA) is 92.4 Å². The van der Waals surface area contributed by atoms with E-state index in [1.807, 2.05) is 0 Å². The molecule has 0 aromatic carbocycles. The summed E-state index contributed by atoms with van der Waals surface area (Å²) in [5, 5.41) is 18.9. The molecule has 76 valence electrons. The van der Waals surface area contributed by atoms with E-state index in [1.165, 1.54) is 0 Å². The molecule has 1 N–H and O–H groups in total. The highest BCUT2D eigenvalue weighted by atomic mass is 16.6. The highest BCUT2D eigenvalue weighted by molar-refractivity contribution is 5.32. The molecular formula is C7H10N4O3. The number of hydrogen-bond donors (Lipinski definition) is 1. The van der Waals surface area contributed by atoms with Gasteiger partial charge in [-0.2, -0.15) is 0 Å². The first-order valence-electron chi connectivity index (χ1n) is 3.93. The number of anilines is 1. The molecule has 7 heteroatoms. The minimum Gasteiger partial charge on any atom is -0.395 e. The van der Waals surface area contributed by atoms with Gasteiger partial charge in [-0.15, -0.1) is 0 Å². The molecule has 1 aromatic rings. The van der Waals surface area contributed by atoms with E-state index in [0.717, 1.165) is 12.4 Å². The Labute approximate surface area is 80.2 Å². The summed E-state index contributed by atoms with van der Waals surface area (Å²) in [6.45, 7) is 0.370. The highest BCUT2D eigenvalue weighted by Gasteiger charge is 2.08. The van der Waals surface area contributed by atoms with Crippen molar-refractivity contribution in [2.75, 3.05) is 25.1 Å². The fourth-order valence-electron chi connectivity index (χ4n) is 0.856. The molecule has 0 fully saturated rings. The second kappa shape index (κ2) is 4.47. The first-order valence-corrected chi connectivity index (χ1v) is 3.93. The number of nitro groups is 1. The Hall–Kier alpha value is -1.76. The molecule has 0 aliphatic rings. The van der Waals surface area contributed by atoms with Gasteiger partial charge in [0.15, 0.2) is 0 Å². The summed E-state index contributed by atoms with van der Waals surface area (Å²) in [7, 11) is 1.69. The molecule has 0 atom stereocenters. The van der Waals surface area contributed by atoms with Gasteiger partial charge in [0.2, 0.25) is 5.95 Å². The lowest BCUT2D eigenvalue weighted by atomic mass is 10.5. The van der Waals surface area contributed by atoms with E-state index in [0.29, 0.717) is 12.5 Å². The Morgan fingerprint density at radius 3 is 2.57 bits per heavy atom. The summed E-state index contributed by atoms with van der Waals surface area (Å²) in [4.78, 5) is 18.9. The normalized spacial score (nSPS) is 9.86. The van der Waals surface area contributed by atoms with Crippen LogP contribution < -0.4 is 4.90 Å². The fourth-order valence-corrected chi connectivity index (χ4v) is 0.856. The van der Waals surface area contributed by atoms with Gasteiger partial charge < -0.3 is 10.0 Å². The minimum absolute atomic E-state index is 0.0170. The SMILES string of the molecule is CN(CCO)c1ncc([N+](=O)[O-])cn1. The summed E-state index contributed by atoms with van der Waals surface area (Å²) in [5.41, 5.74) is -0.147. The van der Waals surface area contributed by atoms with Gasteiger partial charge in [0.05, 0.1) is 11.5 Å². The number of nitrogens with zero attached hydrogens (tertiary/aromatic N) is 4. The van der Waals surface area contributed by atoms with Crippen LogP contribution >= 0.6 is 0 Å². The Morgan fingerprint density at radius 1 is 1.57 bits per heavy atom. The molecular weight excluding hydrogens is 188 g/mol. The third kappa shape index (κ3) is 2.36. The predicted octanol–water partition coefficient (Wildman–Crippen LogP) is -0.187. The van der Waals surface area contributed by atoms with Crippen molar-refractivity contribution in [2.45, 2.75) is 0 Å². The maximum absolute atomic E-state index is 10.3. The monoisotopic (exact) mass is 198 g/mol. The van der Waals surface area contributed by atoms with Crippen LogP contribution in [0.4, 0.5) is 11.6 Å². The van der Waals surface area contributed by atoms with E-state index in [1.54, 1.807) is 11.9 Å². The van der Waals surface area contributed by atoms with E-state index in [9.17, 15) is 10.1 Å². The summed E-state index contributed by atoms with van der Waals surface area (Å²) in [6.07, 6.45) is 2.27. The minimum atomic E-state index is -0.560. The van der Waals surface area contributed by atoms with E-state index in [4.69, 9.17) is 5.11 Å². The molecule has 7 nitrogen and oxygen atoms in total. The van der Waals surface area contributed by atoms with Crippen molar-refractivity contribution in [3.8, 4) is 0 Å². The van der Waals surface area contributed by atoms with Gasteiger partial charge >= 0.3 is 5.69 Å². The first kappa shape index (κ1) is 10.3. The van der Waals surface area contributed by atoms with Crippen LogP contribution in [0.15, 0.2) is 12.4 Å². The molecule has 0 aliphatic carbocycles. The largest absolute Gasteiger partial charge is 0.395 e. The molecule has 14 heavy (non-hydrogen) atoms. The van der Waals surface area contributed by atoms with Crippen molar-refractivity contribution in [1.82, 2.24) is 9.97 Å². The molecule has 0 saturated carbocycles. The molecule has 1 rings (SSSR count). The lowest BCUT2D eigenvalue weighted by Crippen LogP contribution is -2.23.